The lowest BCUT2D eigenvalue weighted by Crippen LogP contribution is -2.18. The lowest BCUT2D eigenvalue weighted by Gasteiger charge is -2.18. The number of carboxylic acids is 1. The summed E-state index contributed by atoms with van der Waals surface area (Å²) in [5.41, 5.74) is 0. The molecule has 0 radical (unpaired) electrons. The normalized spacial score (nSPS) is 12.6. The molecule has 0 aliphatic heterocycles. The zero-order chi connectivity index (χ0) is 33.6. The number of esters is 1. The highest BCUT2D eigenvalue weighted by atomic mass is 16.5. The average Bonchev–Trinajstić information content (AvgIpc) is 3.04. The fourth-order valence-electron chi connectivity index (χ4n) is 5.97. The van der Waals surface area contributed by atoms with Crippen LogP contribution >= 0.6 is 0 Å². The minimum atomic E-state index is -0.770. The van der Waals surface area contributed by atoms with Crippen molar-refractivity contribution >= 4 is 11.9 Å². The Balaban J connectivity index is 3.79. The summed E-state index contributed by atoms with van der Waals surface area (Å²) < 4.78 is 5.83. The van der Waals surface area contributed by atoms with Gasteiger partial charge in [-0.3, -0.25) is 9.59 Å². The second-order valence-electron chi connectivity index (χ2n) is 13.4. The van der Waals surface area contributed by atoms with E-state index in [2.05, 4.69) is 50.3 Å². The van der Waals surface area contributed by atoms with Crippen molar-refractivity contribution in [3.8, 4) is 0 Å². The molecule has 4 nitrogen and oxygen atoms in total. The van der Waals surface area contributed by atoms with Crippen molar-refractivity contribution in [2.24, 2.45) is 0 Å². The number of rotatable bonds is 36. The number of allylic oxidation sites excluding steroid dienone is 6. The Morgan fingerprint density at radius 2 is 0.935 bits per heavy atom. The lowest BCUT2D eigenvalue weighted by molar-refractivity contribution is -0.150. The molecule has 0 heterocycles. The van der Waals surface area contributed by atoms with Crippen molar-refractivity contribution in [3.05, 3.63) is 36.5 Å². The van der Waals surface area contributed by atoms with Crippen molar-refractivity contribution in [1.82, 2.24) is 0 Å². The summed E-state index contributed by atoms with van der Waals surface area (Å²) in [7, 11) is 0. The fourth-order valence-corrected chi connectivity index (χ4v) is 5.97. The van der Waals surface area contributed by atoms with E-state index >= 15 is 0 Å². The summed E-state index contributed by atoms with van der Waals surface area (Å²) in [4.78, 5) is 23.5. The fraction of sp³-hybridized carbons (Fsp3) is 0.810. The summed E-state index contributed by atoms with van der Waals surface area (Å²) in [6.07, 6.45) is 48.7. The van der Waals surface area contributed by atoms with Crippen LogP contribution in [-0.2, 0) is 14.3 Å². The van der Waals surface area contributed by atoms with Gasteiger partial charge in [0, 0.05) is 12.8 Å². The van der Waals surface area contributed by atoms with Gasteiger partial charge in [0.25, 0.3) is 0 Å². The van der Waals surface area contributed by atoms with Crippen LogP contribution in [0.1, 0.15) is 213 Å². The number of carbonyl (C=O) groups is 2. The Labute approximate surface area is 286 Å². The first-order valence-corrected chi connectivity index (χ1v) is 20.0. The van der Waals surface area contributed by atoms with E-state index in [4.69, 9.17) is 9.84 Å². The summed E-state index contributed by atoms with van der Waals surface area (Å²) in [5, 5.41) is 9.02. The van der Waals surface area contributed by atoms with E-state index in [9.17, 15) is 9.59 Å². The average molecular weight is 645 g/mol. The van der Waals surface area contributed by atoms with Gasteiger partial charge in [0.05, 0.1) is 0 Å². The molecule has 1 atom stereocenters. The molecular weight excluding hydrogens is 568 g/mol. The topological polar surface area (TPSA) is 63.6 Å². The molecule has 0 amide bonds. The van der Waals surface area contributed by atoms with Crippen LogP contribution < -0.4 is 0 Å². The van der Waals surface area contributed by atoms with E-state index in [1.54, 1.807) is 0 Å². The van der Waals surface area contributed by atoms with Crippen LogP contribution in [0.25, 0.3) is 0 Å². The maximum Gasteiger partial charge on any atom is 0.306 e. The van der Waals surface area contributed by atoms with Gasteiger partial charge in [-0.15, -0.1) is 0 Å². The molecule has 0 aromatic rings. The Morgan fingerprint density at radius 1 is 0.500 bits per heavy atom. The van der Waals surface area contributed by atoms with Gasteiger partial charge in [0.1, 0.15) is 6.10 Å². The van der Waals surface area contributed by atoms with Gasteiger partial charge < -0.3 is 9.84 Å². The number of unbranched alkanes of at least 4 members (excludes halogenated alkanes) is 21. The Kier molecular flexibility index (Phi) is 36.1. The van der Waals surface area contributed by atoms with Crippen LogP contribution in [0.2, 0.25) is 0 Å². The summed E-state index contributed by atoms with van der Waals surface area (Å²) >= 11 is 0. The van der Waals surface area contributed by atoms with Crippen molar-refractivity contribution < 1.29 is 19.4 Å². The Bertz CT molecular complexity index is 738. The van der Waals surface area contributed by atoms with Gasteiger partial charge in [-0.1, -0.05) is 172 Å². The van der Waals surface area contributed by atoms with Crippen molar-refractivity contribution in [3.63, 3.8) is 0 Å². The zero-order valence-corrected chi connectivity index (χ0v) is 30.6. The van der Waals surface area contributed by atoms with Crippen LogP contribution in [0, 0.1) is 0 Å². The molecule has 0 bridgehead atoms. The van der Waals surface area contributed by atoms with Crippen LogP contribution in [-0.4, -0.2) is 23.1 Å². The molecule has 0 aliphatic carbocycles. The molecular formula is C42H76O4. The summed E-state index contributed by atoms with van der Waals surface area (Å²) in [6, 6.07) is 0. The van der Waals surface area contributed by atoms with Gasteiger partial charge in [-0.05, 0) is 64.2 Å². The molecule has 268 valence electrons. The summed E-state index contributed by atoms with van der Waals surface area (Å²) in [5.74, 6) is -0.863. The quantitative estimate of drug-likeness (QED) is 0.0419. The van der Waals surface area contributed by atoms with Crippen LogP contribution in [0.5, 0.6) is 0 Å². The van der Waals surface area contributed by atoms with E-state index in [1.165, 1.54) is 128 Å². The number of hydrogen-bond donors (Lipinski definition) is 1. The first kappa shape index (κ1) is 44.2. The molecule has 4 heteroatoms. The molecule has 0 spiro atoms. The standard InChI is InChI=1S/C42H76O4/c1-3-5-7-9-11-13-15-17-18-19-20-21-22-24-26-28-30-32-34-39-42(45)46-40(37-35-38-41(43)44)36-33-31-29-27-25-23-16-14-12-10-8-6-4-2/h5,7,11,13,17-18,40H,3-4,6,8-10,12,14-16,19-39H2,1-2H3,(H,43,44)/b7-5-,13-11-,18-17-. The number of carboxylic acid groups (broad SMARTS) is 1. The minimum absolute atomic E-state index is 0.0933. The van der Waals surface area contributed by atoms with Gasteiger partial charge in [-0.2, -0.15) is 0 Å². The number of aliphatic carboxylic acids is 1. The molecule has 0 saturated heterocycles. The Hall–Kier alpha value is -1.84. The third kappa shape index (κ3) is 36.6. The molecule has 1 N–H and O–H groups in total. The van der Waals surface area contributed by atoms with Crippen LogP contribution in [0.15, 0.2) is 36.5 Å². The largest absolute Gasteiger partial charge is 0.481 e. The second-order valence-corrected chi connectivity index (χ2v) is 13.4. The maximum atomic E-state index is 12.5. The van der Waals surface area contributed by atoms with E-state index in [0.29, 0.717) is 19.3 Å². The van der Waals surface area contributed by atoms with E-state index < -0.39 is 5.97 Å². The van der Waals surface area contributed by atoms with E-state index in [-0.39, 0.29) is 18.5 Å². The summed E-state index contributed by atoms with van der Waals surface area (Å²) in [6.45, 7) is 4.44. The molecule has 0 saturated carbocycles. The van der Waals surface area contributed by atoms with Gasteiger partial charge in [0.15, 0.2) is 0 Å². The Morgan fingerprint density at radius 3 is 1.46 bits per heavy atom. The predicted molar refractivity (Wildman–Crippen MR) is 199 cm³/mol. The molecule has 0 rings (SSSR count). The molecule has 46 heavy (non-hydrogen) atoms. The highest BCUT2D eigenvalue weighted by Crippen LogP contribution is 2.18. The van der Waals surface area contributed by atoms with Gasteiger partial charge in [-0.25, -0.2) is 0 Å². The smallest absolute Gasteiger partial charge is 0.306 e. The van der Waals surface area contributed by atoms with Gasteiger partial charge in [0.2, 0.25) is 0 Å². The van der Waals surface area contributed by atoms with Crippen LogP contribution in [0.3, 0.4) is 0 Å². The first-order valence-electron chi connectivity index (χ1n) is 20.0. The molecule has 1 unspecified atom stereocenters. The van der Waals surface area contributed by atoms with E-state index in [0.717, 1.165) is 44.9 Å². The van der Waals surface area contributed by atoms with Crippen molar-refractivity contribution in [2.75, 3.05) is 0 Å². The van der Waals surface area contributed by atoms with Gasteiger partial charge >= 0.3 is 11.9 Å². The molecule has 0 aromatic carbocycles. The van der Waals surface area contributed by atoms with Crippen molar-refractivity contribution in [2.45, 2.75) is 219 Å². The van der Waals surface area contributed by atoms with E-state index in [1.807, 2.05) is 0 Å². The predicted octanol–water partition coefficient (Wildman–Crippen LogP) is 13.8. The molecule has 0 fully saturated rings. The highest BCUT2D eigenvalue weighted by Gasteiger charge is 2.15. The number of carbonyl (C=O) groups excluding carboxylic acids is 1. The van der Waals surface area contributed by atoms with Crippen molar-refractivity contribution in [1.29, 1.82) is 0 Å². The number of hydrogen-bond acceptors (Lipinski definition) is 3. The highest BCUT2D eigenvalue weighted by molar-refractivity contribution is 5.69. The first-order chi connectivity index (χ1) is 22.6. The van der Waals surface area contributed by atoms with Crippen LogP contribution in [0.4, 0.5) is 0 Å². The lowest BCUT2D eigenvalue weighted by atomic mass is 10.0. The third-order valence-corrected chi connectivity index (χ3v) is 8.88. The maximum absolute atomic E-state index is 12.5. The molecule has 0 aromatic heterocycles. The SMILES string of the molecule is CC/C=C\C/C=C\C/C=C\CCCCCCCCCCCC(=O)OC(CCCCCCCCCCCCCCC)CCCC(=O)O. The minimum Gasteiger partial charge on any atom is -0.481 e. The monoisotopic (exact) mass is 645 g/mol. The zero-order valence-electron chi connectivity index (χ0n) is 30.6. The molecule has 0 aliphatic rings. The second kappa shape index (κ2) is 37.6. The number of ether oxygens (including phenoxy) is 1. The third-order valence-electron chi connectivity index (χ3n) is 8.88.